The highest BCUT2D eigenvalue weighted by molar-refractivity contribution is 9.10. The Labute approximate surface area is 123 Å². The van der Waals surface area contributed by atoms with E-state index in [4.69, 9.17) is 0 Å². The van der Waals surface area contributed by atoms with Gasteiger partial charge >= 0.3 is 0 Å². The molecule has 0 saturated carbocycles. The molecule has 0 radical (unpaired) electrons. The average molecular weight is 343 g/mol. The monoisotopic (exact) mass is 342 g/mol. The van der Waals surface area contributed by atoms with Gasteiger partial charge < -0.3 is 10.6 Å². The van der Waals surface area contributed by atoms with Crippen LogP contribution in [0.25, 0.3) is 0 Å². The van der Waals surface area contributed by atoms with Crippen molar-refractivity contribution in [2.24, 2.45) is 0 Å². The third-order valence-electron chi connectivity index (χ3n) is 2.34. The Bertz CT molecular complexity index is 572. The normalized spacial score (nSPS) is 10.3. The van der Waals surface area contributed by atoms with Gasteiger partial charge in [0.2, 0.25) is 0 Å². The highest BCUT2D eigenvalue weighted by atomic mass is 79.9. The molecule has 1 aromatic carbocycles. The average Bonchev–Trinajstić information content (AvgIpc) is 2.41. The summed E-state index contributed by atoms with van der Waals surface area (Å²) in [5.41, 5.74) is 0.371. The first-order valence-corrected chi connectivity index (χ1v) is 7.47. The van der Waals surface area contributed by atoms with Gasteiger partial charge in [0, 0.05) is 17.6 Å². The molecule has 0 unspecified atom stereocenters. The third-order valence-corrected chi connectivity index (χ3v) is 3.38. The van der Waals surface area contributed by atoms with Gasteiger partial charge in [0.1, 0.15) is 17.5 Å². The minimum atomic E-state index is -0.343. The minimum absolute atomic E-state index is 0.343. The maximum absolute atomic E-state index is 13.7. The van der Waals surface area contributed by atoms with Gasteiger partial charge in [0.15, 0.2) is 5.16 Å². The van der Waals surface area contributed by atoms with E-state index in [1.54, 1.807) is 25.2 Å². The number of thioether (sulfide) groups is 1. The third kappa shape index (κ3) is 3.57. The number of nitrogens with one attached hydrogen (secondary N) is 2. The van der Waals surface area contributed by atoms with Gasteiger partial charge in [-0.05, 0) is 24.5 Å². The molecule has 1 heterocycles. The van der Waals surface area contributed by atoms with Crippen molar-refractivity contribution < 1.29 is 4.39 Å². The van der Waals surface area contributed by atoms with Gasteiger partial charge in [0.25, 0.3) is 0 Å². The highest BCUT2D eigenvalue weighted by Crippen LogP contribution is 2.24. The zero-order chi connectivity index (χ0) is 13.8. The number of hydrogen-bond donors (Lipinski definition) is 2. The molecule has 0 amide bonds. The number of rotatable bonds is 4. The van der Waals surface area contributed by atoms with E-state index in [1.165, 1.54) is 17.8 Å². The number of aromatic nitrogens is 2. The van der Waals surface area contributed by atoms with Crippen LogP contribution in [-0.4, -0.2) is 23.3 Å². The number of benzene rings is 1. The van der Waals surface area contributed by atoms with E-state index < -0.39 is 0 Å². The summed E-state index contributed by atoms with van der Waals surface area (Å²) in [6.45, 7) is 0. The van der Waals surface area contributed by atoms with E-state index in [-0.39, 0.29) is 5.82 Å². The number of halogens is 2. The molecule has 2 rings (SSSR count). The Morgan fingerprint density at radius 3 is 2.58 bits per heavy atom. The summed E-state index contributed by atoms with van der Waals surface area (Å²) in [4.78, 5) is 8.53. The van der Waals surface area contributed by atoms with Crippen LogP contribution in [0.3, 0.4) is 0 Å². The van der Waals surface area contributed by atoms with Crippen LogP contribution in [0.5, 0.6) is 0 Å². The second kappa shape index (κ2) is 6.21. The van der Waals surface area contributed by atoms with Crippen molar-refractivity contribution in [1.82, 2.24) is 9.97 Å². The topological polar surface area (TPSA) is 49.8 Å². The Hall–Kier alpha value is -1.34. The van der Waals surface area contributed by atoms with E-state index in [0.717, 1.165) is 0 Å². The van der Waals surface area contributed by atoms with E-state index in [1.807, 2.05) is 6.26 Å². The van der Waals surface area contributed by atoms with Gasteiger partial charge in [-0.2, -0.15) is 0 Å². The highest BCUT2D eigenvalue weighted by Gasteiger charge is 2.07. The molecular weight excluding hydrogens is 331 g/mol. The first-order chi connectivity index (χ1) is 9.12. The fraction of sp³-hybridized carbons (Fsp3) is 0.167. The summed E-state index contributed by atoms with van der Waals surface area (Å²) >= 11 is 4.65. The van der Waals surface area contributed by atoms with Gasteiger partial charge in [0.05, 0.1) is 5.69 Å². The van der Waals surface area contributed by atoms with Crippen LogP contribution in [0.4, 0.5) is 21.7 Å². The lowest BCUT2D eigenvalue weighted by atomic mass is 10.3. The van der Waals surface area contributed by atoms with Crippen LogP contribution >= 0.6 is 27.7 Å². The number of anilines is 3. The van der Waals surface area contributed by atoms with Crippen LogP contribution in [0.15, 0.2) is 33.9 Å². The first-order valence-electron chi connectivity index (χ1n) is 5.45. The summed E-state index contributed by atoms with van der Waals surface area (Å²) in [6.07, 6.45) is 1.89. The quantitative estimate of drug-likeness (QED) is 0.652. The molecule has 4 nitrogen and oxygen atoms in total. The molecule has 2 aromatic rings. The first kappa shape index (κ1) is 14.1. The Morgan fingerprint density at radius 1 is 1.21 bits per heavy atom. The van der Waals surface area contributed by atoms with Gasteiger partial charge in [-0.15, -0.1) is 0 Å². The molecule has 0 bridgehead atoms. The van der Waals surface area contributed by atoms with Crippen LogP contribution < -0.4 is 10.6 Å². The van der Waals surface area contributed by atoms with Gasteiger partial charge in [-0.3, -0.25) is 0 Å². The molecule has 1 aromatic heterocycles. The van der Waals surface area contributed by atoms with E-state index in [0.29, 0.717) is 27.0 Å². The van der Waals surface area contributed by atoms with E-state index in [2.05, 4.69) is 36.5 Å². The summed E-state index contributed by atoms with van der Waals surface area (Å²) in [5.74, 6) is 0.883. The zero-order valence-corrected chi connectivity index (χ0v) is 12.8. The second-order valence-electron chi connectivity index (χ2n) is 3.62. The maximum Gasteiger partial charge on any atom is 0.191 e. The fourth-order valence-corrected chi connectivity index (χ4v) is 2.15. The lowest BCUT2D eigenvalue weighted by Gasteiger charge is -2.09. The predicted molar refractivity (Wildman–Crippen MR) is 80.7 cm³/mol. The van der Waals surface area contributed by atoms with Crippen molar-refractivity contribution in [3.05, 3.63) is 34.6 Å². The molecule has 19 heavy (non-hydrogen) atoms. The molecule has 0 aliphatic carbocycles. The van der Waals surface area contributed by atoms with E-state index >= 15 is 0 Å². The van der Waals surface area contributed by atoms with Crippen LogP contribution in [0.1, 0.15) is 0 Å². The fourth-order valence-electron chi connectivity index (χ4n) is 1.44. The summed E-state index contributed by atoms with van der Waals surface area (Å²) in [6, 6.07) is 6.54. The summed E-state index contributed by atoms with van der Waals surface area (Å²) in [5, 5.41) is 6.51. The van der Waals surface area contributed by atoms with Gasteiger partial charge in [-0.1, -0.05) is 27.7 Å². The summed E-state index contributed by atoms with van der Waals surface area (Å²) < 4.78 is 14.4. The summed E-state index contributed by atoms with van der Waals surface area (Å²) in [7, 11) is 1.77. The standard InChI is InChI=1S/C12H12BrFN4S/c1-15-10-6-11(18-12(17-10)19-2)16-9-4-3-7(13)5-8(9)14/h3-6H,1-2H3,(H2,15,16,17,18). The minimum Gasteiger partial charge on any atom is -0.373 e. The van der Waals surface area contributed by atoms with Crippen molar-refractivity contribution in [2.75, 3.05) is 23.9 Å². The molecule has 0 atom stereocenters. The Morgan fingerprint density at radius 2 is 1.95 bits per heavy atom. The molecule has 0 spiro atoms. The van der Waals surface area contributed by atoms with Crippen molar-refractivity contribution >= 4 is 45.0 Å². The number of hydrogen-bond acceptors (Lipinski definition) is 5. The smallest absolute Gasteiger partial charge is 0.191 e. The Kier molecular flexibility index (Phi) is 4.60. The van der Waals surface area contributed by atoms with Crippen LogP contribution in [-0.2, 0) is 0 Å². The molecule has 100 valence electrons. The number of nitrogens with zero attached hydrogens (tertiary/aromatic N) is 2. The molecule has 0 saturated heterocycles. The van der Waals surface area contributed by atoms with Crippen molar-refractivity contribution in [3.8, 4) is 0 Å². The largest absolute Gasteiger partial charge is 0.373 e. The van der Waals surface area contributed by atoms with Crippen molar-refractivity contribution in [1.29, 1.82) is 0 Å². The van der Waals surface area contributed by atoms with Gasteiger partial charge in [-0.25, -0.2) is 14.4 Å². The van der Waals surface area contributed by atoms with E-state index in [9.17, 15) is 4.39 Å². The molecule has 7 heteroatoms. The molecule has 0 fully saturated rings. The SMILES string of the molecule is CNc1cc(Nc2ccc(Br)cc2F)nc(SC)n1. The zero-order valence-electron chi connectivity index (χ0n) is 10.4. The van der Waals surface area contributed by atoms with Crippen LogP contribution in [0.2, 0.25) is 0 Å². The predicted octanol–water partition coefficient (Wildman–Crippen LogP) is 3.89. The molecule has 0 aliphatic heterocycles. The van der Waals surface area contributed by atoms with Crippen molar-refractivity contribution in [3.63, 3.8) is 0 Å². The Balaban J connectivity index is 2.31. The molecule has 2 N–H and O–H groups in total. The lowest BCUT2D eigenvalue weighted by molar-refractivity contribution is 0.631. The van der Waals surface area contributed by atoms with Crippen molar-refractivity contribution in [2.45, 2.75) is 5.16 Å². The van der Waals surface area contributed by atoms with Crippen LogP contribution in [0, 0.1) is 5.82 Å². The maximum atomic E-state index is 13.7. The second-order valence-corrected chi connectivity index (χ2v) is 5.31. The lowest BCUT2D eigenvalue weighted by Crippen LogP contribution is -2.01. The molecular formula is C12H12BrFN4S. The molecule has 0 aliphatic rings.